The molecule has 0 spiro atoms. The number of fused-ring (bicyclic) bond motifs is 1. The first kappa shape index (κ1) is 24.9. The number of aliphatic hydroxyl groups excluding tert-OH is 1. The molecule has 11 nitrogen and oxygen atoms in total. The number of aliphatic hydroxyl groups is 1. The predicted octanol–water partition coefficient (Wildman–Crippen LogP) is 2.06. The molecule has 37 heavy (non-hydrogen) atoms. The Kier molecular flexibility index (Phi) is 6.69. The molecule has 2 aliphatic heterocycles. The van der Waals surface area contributed by atoms with Crippen molar-refractivity contribution in [3.63, 3.8) is 0 Å². The highest BCUT2D eigenvalue weighted by molar-refractivity contribution is 7.92. The van der Waals surface area contributed by atoms with Crippen LogP contribution in [0.4, 0.5) is 29.0 Å². The number of carbonyl (C=O) groups is 1. The summed E-state index contributed by atoms with van der Waals surface area (Å²) in [6, 6.07) is 11.4. The summed E-state index contributed by atoms with van der Waals surface area (Å²) < 4.78 is 25.3. The Labute approximate surface area is 215 Å². The van der Waals surface area contributed by atoms with E-state index >= 15 is 0 Å². The van der Waals surface area contributed by atoms with Gasteiger partial charge in [-0.05, 0) is 43.2 Å². The van der Waals surface area contributed by atoms with Crippen molar-refractivity contribution in [2.75, 3.05) is 45.8 Å². The smallest absolute Gasteiger partial charge is 0.233 e. The summed E-state index contributed by atoms with van der Waals surface area (Å²) >= 11 is 0. The monoisotopic (exact) mass is 523 g/mol. The lowest BCUT2D eigenvalue weighted by molar-refractivity contribution is -0.117. The number of amides is 1. The fraction of sp³-hybridized carbons (Fsp3) is 0.360. The molecular formula is C25H29N7O4S. The lowest BCUT2D eigenvalue weighted by Gasteiger charge is -2.31. The van der Waals surface area contributed by atoms with Gasteiger partial charge in [0.15, 0.2) is 0 Å². The first-order valence-electron chi connectivity index (χ1n) is 12.0. The molecule has 0 radical (unpaired) electrons. The van der Waals surface area contributed by atoms with E-state index in [2.05, 4.69) is 25.2 Å². The number of sulfonamides is 1. The number of piperidine rings is 1. The van der Waals surface area contributed by atoms with Crippen LogP contribution in [0, 0.1) is 0 Å². The largest absolute Gasteiger partial charge is 0.393 e. The Morgan fingerprint density at radius 1 is 1.14 bits per heavy atom. The van der Waals surface area contributed by atoms with E-state index < -0.39 is 10.0 Å². The van der Waals surface area contributed by atoms with Crippen molar-refractivity contribution in [1.82, 2.24) is 15.0 Å². The number of hydrogen-bond acceptors (Lipinski definition) is 9. The molecule has 12 heteroatoms. The highest BCUT2D eigenvalue weighted by atomic mass is 32.2. The van der Waals surface area contributed by atoms with E-state index in [1.165, 1.54) is 18.1 Å². The minimum absolute atomic E-state index is 0.130. The van der Waals surface area contributed by atoms with Gasteiger partial charge >= 0.3 is 0 Å². The van der Waals surface area contributed by atoms with Gasteiger partial charge in [0.25, 0.3) is 0 Å². The lowest BCUT2D eigenvalue weighted by atomic mass is 10.1. The van der Waals surface area contributed by atoms with Gasteiger partial charge < -0.3 is 15.3 Å². The summed E-state index contributed by atoms with van der Waals surface area (Å²) in [5.41, 5.74) is 3.20. The third kappa shape index (κ3) is 5.35. The standard InChI is InChI=1S/C25H29N7O4S/c1-30(37(2,35)36)23-17(4-3-11-26-23)16-32-22(34)14-18-15-27-25(29-24(18)32)28-19-5-7-20(8-6-19)31-12-9-21(33)10-13-31/h3-8,11,15,21,33H,9-10,12-14,16H2,1-2H3,(H,27,28,29). The summed E-state index contributed by atoms with van der Waals surface area (Å²) in [7, 11) is -2.09. The van der Waals surface area contributed by atoms with Crippen LogP contribution in [0.15, 0.2) is 48.8 Å². The first-order valence-corrected chi connectivity index (χ1v) is 13.9. The van der Waals surface area contributed by atoms with E-state index in [-0.39, 0.29) is 30.8 Å². The number of nitrogens with one attached hydrogen (secondary N) is 1. The summed E-state index contributed by atoms with van der Waals surface area (Å²) in [6.07, 6.45) is 5.76. The fourth-order valence-corrected chi connectivity index (χ4v) is 5.01. The van der Waals surface area contributed by atoms with E-state index in [1.807, 2.05) is 24.3 Å². The zero-order chi connectivity index (χ0) is 26.2. The van der Waals surface area contributed by atoms with Crippen molar-refractivity contribution in [3.05, 3.63) is 59.9 Å². The second kappa shape index (κ2) is 9.94. The number of rotatable bonds is 7. The highest BCUT2D eigenvalue weighted by Gasteiger charge is 2.31. The normalized spacial score (nSPS) is 16.1. The maximum Gasteiger partial charge on any atom is 0.233 e. The second-order valence-electron chi connectivity index (χ2n) is 9.31. The molecule has 2 N–H and O–H groups in total. The third-order valence-electron chi connectivity index (χ3n) is 6.68. The molecular weight excluding hydrogens is 494 g/mol. The Hall–Kier alpha value is -3.77. The van der Waals surface area contributed by atoms with Crippen LogP contribution in [-0.2, 0) is 27.8 Å². The number of aromatic nitrogens is 3. The molecule has 5 rings (SSSR count). The SMILES string of the molecule is CN(c1ncccc1CN1C(=O)Cc2cnc(Nc3ccc(N4CCC(O)CC4)cc3)nc21)S(C)(=O)=O. The van der Waals surface area contributed by atoms with Crippen LogP contribution in [0.2, 0.25) is 0 Å². The third-order valence-corrected chi connectivity index (χ3v) is 7.85. The minimum Gasteiger partial charge on any atom is -0.393 e. The van der Waals surface area contributed by atoms with Crippen LogP contribution < -0.4 is 19.4 Å². The number of pyridine rings is 1. The Morgan fingerprint density at radius 3 is 2.57 bits per heavy atom. The number of carbonyl (C=O) groups excluding carboxylic acids is 1. The number of anilines is 5. The van der Waals surface area contributed by atoms with Crippen LogP contribution in [0.3, 0.4) is 0 Å². The maximum absolute atomic E-state index is 12.9. The molecule has 0 saturated carbocycles. The van der Waals surface area contributed by atoms with Crippen LogP contribution >= 0.6 is 0 Å². The van der Waals surface area contributed by atoms with Gasteiger partial charge in [-0.2, -0.15) is 4.98 Å². The van der Waals surface area contributed by atoms with Gasteiger partial charge in [-0.25, -0.2) is 18.4 Å². The van der Waals surface area contributed by atoms with Gasteiger partial charge in [0.2, 0.25) is 21.9 Å². The summed E-state index contributed by atoms with van der Waals surface area (Å²) in [5.74, 6) is 0.964. The molecule has 3 aromatic rings. The average molecular weight is 524 g/mol. The Balaban J connectivity index is 1.34. The molecule has 0 bridgehead atoms. The maximum atomic E-state index is 12.9. The number of benzene rings is 1. The molecule has 194 valence electrons. The van der Waals surface area contributed by atoms with E-state index in [4.69, 9.17) is 0 Å². The first-order chi connectivity index (χ1) is 17.7. The molecule has 1 amide bonds. The molecule has 0 unspecified atom stereocenters. The summed E-state index contributed by atoms with van der Waals surface area (Å²) in [6.45, 7) is 1.78. The molecule has 1 fully saturated rings. The zero-order valence-electron chi connectivity index (χ0n) is 20.7. The van der Waals surface area contributed by atoms with Gasteiger partial charge in [-0.3, -0.25) is 14.0 Å². The molecule has 4 heterocycles. The summed E-state index contributed by atoms with van der Waals surface area (Å²) in [4.78, 5) is 29.9. The molecule has 0 atom stereocenters. The average Bonchev–Trinajstić information content (AvgIpc) is 3.18. The van der Waals surface area contributed by atoms with Crippen molar-refractivity contribution in [3.8, 4) is 0 Å². The minimum atomic E-state index is -3.52. The summed E-state index contributed by atoms with van der Waals surface area (Å²) in [5, 5.41) is 12.9. The van der Waals surface area contributed by atoms with E-state index in [0.29, 0.717) is 22.9 Å². The quantitative estimate of drug-likeness (QED) is 0.478. The van der Waals surface area contributed by atoms with E-state index in [0.717, 1.165) is 47.9 Å². The van der Waals surface area contributed by atoms with Crippen molar-refractivity contribution in [2.24, 2.45) is 0 Å². The molecule has 2 aromatic heterocycles. The molecule has 1 saturated heterocycles. The van der Waals surface area contributed by atoms with Gasteiger partial charge in [0, 0.05) is 55.0 Å². The van der Waals surface area contributed by atoms with Gasteiger partial charge in [0.1, 0.15) is 11.6 Å². The predicted molar refractivity (Wildman–Crippen MR) is 142 cm³/mol. The van der Waals surface area contributed by atoms with Crippen molar-refractivity contribution >= 4 is 44.9 Å². The zero-order valence-corrected chi connectivity index (χ0v) is 21.5. The van der Waals surface area contributed by atoms with E-state index in [1.54, 1.807) is 18.3 Å². The van der Waals surface area contributed by atoms with Crippen LogP contribution in [-0.4, -0.2) is 66.9 Å². The van der Waals surface area contributed by atoms with Gasteiger partial charge in [-0.15, -0.1) is 0 Å². The lowest BCUT2D eigenvalue weighted by Crippen LogP contribution is -2.35. The fourth-order valence-electron chi connectivity index (χ4n) is 4.53. The van der Waals surface area contributed by atoms with E-state index in [9.17, 15) is 18.3 Å². The van der Waals surface area contributed by atoms with Crippen LogP contribution in [0.5, 0.6) is 0 Å². The molecule has 1 aromatic carbocycles. The van der Waals surface area contributed by atoms with Gasteiger partial charge in [0.05, 0.1) is 25.3 Å². The Bertz CT molecular complexity index is 1410. The molecule has 2 aliphatic rings. The molecule has 0 aliphatic carbocycles. The van der Waals surface area contributed by atoms with Crippen molar-refractivity contribution in [1.29, 1.82) is 0 Å². The van der Waals surface area contributed by atoms with Gasteiger partial charge in [-0.1, -0.05) is 6.07 Å². The number of hydrogen-bond donors (Lipinski definition) is 2. The van der Waals surface area contributed by atoms with Crippen LogP contribution in [0.1, 0.15) is 24.0 Å². The second-order valence-corrected chi connectivity index (χ2v) is 11.3. The van der Waals surface area contributed by atoms with Crippen molar-refractivity contribution in [2.45, 2.75) is 31.9 Å². The van der Waals surface area contributed by atoms with Crippen LogP contribution in [0.25, 0.3) is 0 Å². The number of nitrogens with zero attached hydrogens (tertiary/aromatic N) is 6. The highest BCUT2D eigenvalue weighted by Crippen LogP contribution is 2.31. The Morgan fingerprint density at radius 2 is 1.86 bits per heavy atom. The van der Waals surface area contributed by atoms with Crippen molar-refractivity contribution < 1.29 is 18.3 Å². The topological polar surface area (TPSA) is 132 Å².